The fourth-order valence-corrected chi connectivity index (χ4v) is 4.62. The summed E-state index contributed by atoms with van der Waals surface area (Å²) >= 11 is 3.76. The summed E-state index contributed by atoms with van der Waals surface area (Å²) in [5.41, 5.74) is 2.95. The fraction of sp³-hybridized carbons (Fsp3) is 0.238. The van der Waals surface area contributed by atoms with Gasteiger partial charge in [-0.25, -0.2) is 0 Å². The van der Waals surface area contributed by atoms with Gasteiger partial charge in [0.15, 0.2) is 0 Å². The minimum absolute atomic E-state index is 0.204. The van der Waals surface area contributed by atoms with Crippen LogP contribution in [0.5, 0.6) is 0 Å². The van der Waals surface area contributed by atoms with Crippen LogP contribution in [-0.4, -0.2) is 0 Å². The van der Waals surface area contributed by atoms with E-state index in [-0.39, 0.29) is 5.41 Å². The third-order valence-electron chi connectivity index (χ3n) is 3.88. The zero-order chi connectivity index (χ0) is 16.3. The number of hydrogen-bond donors (Lipinski definition) is 0. The molecule has 0 N–H and O–H groups in total. The Balaban J connectivity index is 1.88. The van der Waals surface area contributed by atoms with E-state index >= 15 is 0 Å². The van der Waals surface area contributed by atoms with Crippen LogP contribution in [0, 0.1) is 0 Å². The maximum Gasteiger partial charge on any atom is 0.0687 e. The second-order valence-corrected chi connectivity index (χ2v) is 8.86. The lowest BCUT2D eigenvalue weighted by Gasteiger charge is -2.20. The average Bonchev–Trinajstić information content (AvgIpc) is 3.07. The van der Waals surface area contributed by atoms with E-state index in [2.05, 4.69) is 92.9 Å². The number of hydrogen-bond acceptors (Lipinski definition) is 2. The molecule has 0 bridgehead atoms. The van der Waals surface area contributed by atoms with Crippen LogP contribution in [0.25, 0.3) is 0 Å². The van der Waals surface area contributed by atoms with Crippen molar-refractivity contribution < 1.29 is 0 Å². The SMILES string of the molecule is CC(C)(C)c1ccc(SC(c2ccccc2)c2cccs2)cc1. The predicted octanol–water partition coefficient (Wildman–Crippen LogP) is 6.93. The van der Waals surface area contributed by atoms with Crippen LogP contribution in [0.4, 0.5) is 0 Å². The lowest BCUT2D eigenvalue weighted by molar-refractivity contribution is 0.590. The van der Waals surface area contributed by atoms with E-state index in [1.54, 1.807) is 0 Å². The maximum atomic E-state index is 2.26. The van der Waals surface area contributed by atoms with Crippen LogP contribution < -0.4 is 0 Å². The van der Waals surface area contributed by atoms with Crippen molar-refractivity contribution in [1.29, 1.82) is 0 Å². The minimum atomic E-state index is 0.204. The highest BCUT2D eigenvalue weighted by Gasteiger charge is 2.18. The Morgan fingerprint density at radius 1 is 0.826 bits per heavy atom. The number of benzene rings is 2. The summed E-state index contributed by atoms with van der Waals surface area (Å²) in [7, 11) is 0. The topological polar surface area (TPSA) is 0 Å². The zero-order valence-electron chi connectivity index (χ0n) is 13.8. The van der Waals surface area contributed by atoms with Crippen LogP contribution in [0.15, 0.2) is 77.0 Å². The predicted molar refractivity (Wildman–Crippen MR) is 104 cm³/mol. The minimum Gasteiger partial charge on any atom is -0.147 e. The lowest BCUT2D eigenvalue weighted by Crippen LogP contribution is -2.10. The first-order valence-corrected chi connectivity index (χ1v) is 9.65. The Bertz CT molecular complexity index is 720. The average molecular weight is 339 g/mol. The molecular weight excluding hydrogens is 316 g/mol. The van der Waals surface area contributed by atoms with Gasteiger partial charge < -0.3 is 0 Å². The summed E-state index contributed by atoms with van der Waals surface area (Å²) < 4.78 is 0. The van der Waals surface area contributed by atoms with Crippen molar-refractivity contribution in [3.8, 4) is 0 Å². The molecule has 0 aliphatic carbocycles. The van der Waals surface area contributed by atoms with Gasteiger partial charge in [0.25, 0.3) is 0 Å². The molecule has 1 unspecified atom stereocenters. The summed E-state index contributed by atoms with van der Waals surface area (Å²) in [5.74, 6) is 0. The van der Waals surface area contributed by atoms with E-state index in [0.29, 0.717) is 5.25 Å². The van der Waals surface area contributed by atoms with Gasteiger partial charge in [-0.1, -0.05) is 69.3 Å². The Morgan fingerprint density at radius 3 is 2.09 bits per heavy atom. The Hall–Kier alpha value is -1.51. The van der Waals surface area contributed by atoms with Crippen LogP contribution >= 0.6 is 23.1 Å². The molecule has 2 heteroatoms. The van der Waals surface area contributed by atoms with E-state index in [9.17, 15) is 0 Å². The molecule has 23 heavy (non-hydrogen) atoms. The van der Waals surface area contributed by atoms with Crippen molar-refractivity contribution >= 4 is 23.1 Å². The van der Waals surface area contributed by atoms with Crippen molar-refractivity contribution in [2.24, 2.45) is 0 Å². The standard InChI is InChI=1S/C21H22S2/c1-21(2,3)17-11-13-18(14-12-17)23-20(19-10-7-15-22-19)16-8-5-4-6-9-16/h4-15,20H,1-3H3. The number of thiophene rings is 1. The van der Waals surface area contributed by atoms with Crippen LogP contribution in [0.1, 0.15) is 42.0 Å². The van der Waals surface area contributed by atoms with Gasteiger partial charge in [0.1, 0.15) is 0 Å². The van der Waals surface area contributed by atoms with E-state index in [4.69, 9.17) is 0 Å². The van der Waals surface area contributed by atoms with Gasteiger partial charge in [-0.05, 0) is 40.1 Å². The molecule has 1 heterocycles. The first kappa shape index (κ1) is 16.4. The molecule has 0 aliphatic rings. The number of rotatable bonds is 4. The van der Waals surface area contributed by atoms with E-state index < -0.39 is 0 Å². The number of thioether (sulfide) groups is 1. The summed E-state index contributed by atoms with van der Waals surface area (Å²) in [6.45, 7) is 6.77. The Morgan fingerprint density at radius 2 is 1.52 bits per heavy atom. The molecule has 1 atom stereocenters. The summed E-state index contributed by atoms with van der Waals surface area (Å²) in [4.78, 5) is 2.72. The van der Waals surface area contributed by atoms with Gasteiger partial charge in [-0.3, -0.25) is 0 Å². The highest BCUT2D eigenvalue weighted by atomic mass is 32.2. The van der Waals surface area contributed by atoms with Crippen LogP contribution in [-0.2, 0) is 5.41 Å². The fourth-order valence-electron chi connectivity index (χ4n) is 2.53. The third kappa shape index (κ3) is 4.07. The molecule has 118 valence electrons. The largest absolute Gasteiger partial charge is 0.147 e. The van der Waals surface area contributed by atoms with Crippen molar-refractivity contribution in [3.05, 3.63) is 88.1 Å². The quantitative estimate of drug-likeness (QED) is 0.465. The molecule has 0 aliphatic heterocycles. The Labute approximate surface area is 147 Å². The highest BCUT2D eigenvalue weighted by Crippen LogP contribution is 2.42. The molecule has 3 aromatic rings. The Kier molecular flexibility index (Phi) is 4.93. The smallest absolute Gasteiger partial charge is 0.0687 e. The van der Waals surface area contributed by atoms with Gasteiger partial charge in [0.05, 0.1) is 5.25 Å². The molecule has 3 rings (SSSR count). The van der Waals surface area contributed by atoms with Gasteiger partial charge >= 0.3 is 0 Å². The van der Waals surface area contributed by atoms with Crippen molar-refractivity contribution in [3.63, 3.8) is 0 Å². The highest BCUT2D eigenvalue weighted by molar-refractivity contribution is 7.99. The lowest BCUT2D eigenvalue weighted by atomic mass is 9.87. The first-order valence-electron chi connectivity index (χ1n) is 7.89. The maximum absolute atomic E-state index is 2.26. The molecular formula is C21H22S2. The monoisotopic (exact) mass is 338 g/mol. The zero-order valence-corrected chi connectivity index (χ0v) is 15.5. The summed E-state index contributed by atoms with van der Waals surface area (Å²) in [5, 5.41) is 2.52. The van der Waals surface area contributed by atoms with Gasteiger partial charge in [-0.2, -0.15) is 0 Å². The molecule has 0 nitrogen and oxygen atoms in total. The van der Waals surface area contributed by atoms with E-state index in [1.165, 1.54) is 20.9 Å². The molecule has 0 amide bonds. The molecule has 2 aromatic carbocycles. The normalized spacial score (nSPS) is 13.0. The van der Waals surface area contributed by atoms with Crippen molar-refractivity contribution in [2.75, 3.05) is 0 Å². The third-order valence-corrected chi connectivity index (χ3v) is 6.27. The van der Waals surface area contributed by atoms with Gasteiger partial charge in [0.2, 0.25) is 0 Å². The molecule has 0 radical (unpaired) electrons. The van der Waals surface area contributed by atoms with Crippen molar-refractivity contribution in [1.82, 2.24) is 0 Å². The molecule has 0 saturated carbocycles. The second-order valence-electron chi connectivity index (χ2n) is 6.70. The molecule has 0 fully saturated rings. The molecule has 0 saturated heterocycles. The van der Waals surface area contributed by atoms with E-state index in [0.717, 1.165) is 0 Å². The van der Waals surface area contributed by atoms with Gasteiger partial charge in [-0.15, -0.1) is 23.1 Å². The van der Waals surface area contributed by atoms with Crippen LogP contribution in [0.2, 0.25) is 0 Å². The first-order chi connectivity index (χ1) is 11.0. The van der Waals surface area contributed by atoms with Crippen LogP contribution in [0.3, 0.4) is 0 Å². The van der Waals surface area contributed by atoms with Crippen molar-refractivity contribution in [2.45, 2.75) is 36.3 Å². The summed E-state index contributed by atoms with van der Waals surface area (Å²) in [6.07, 6.45) is 0. The summed E-state index contributed by atoms with van der Waals surface area (Å²) in [6, 6.07) is 24.2. The second kappa shape index (κ2) is 6.94. The van der Waals surface area contributed by atoms with Gasteiger partial charge in [0, 0.05) is 9.77 Å². The van der Waals surface area contributed by atoms with E-state index in [1.807, 2.05) is 23.1 Å². The molecule has 0 spiro atoms. The molecule has 1 aromatic heterocycles.